The number of anilines is 1. The molecule has 0 saturated carbocycles. The van der Waals surface area contributed by atoms with Gasteiger partial charge in [0, 0.05) is 11.8 Å². The summed E-state index contributed by atoms with van der Waals surface area (Å²) < 4.78 is 46.5. The third-order valence-electron chi connectivity index (χ3n) is 6.74. The van der Waals surface area contributed by atoms with Crippen LogP contribution in [-0.4, -0.2) is 63.0 Å². The zero-order valence-electron chi connectivity index (χ0n) is 20.1. The first-order chi connectivity index (χ1) is 18.0. The minimum atomic E-state index is -3.76. The van der Waals surface area contributed by atoms with Crippen LogP contribution in [-0.2, 0) is 19.5 Å². The summed E-state index contributed by atoms with van der Waals surface area (Å²) in [5.74, 6) is 1.15. The van der Waals surface area contributed by atoms with Crippen LogP contribution in [0.4, 0.5) is 5.95 Å². The Morgan fingerprint density at radius 1 is 0.892 bits per heavy atom. The number of benzene rings is 3. The number of para-hydroxylation sites is 1. The van der Waals surface area contributed by atoms with Crippen molar-refractivity contribution in [3.05, 3.63) is 79.0 Å². The number of sulfonamides is 1. The van der Waals surface area contributed by atoms with E-state index in [9.17, 15) is 8.42 Å². The third kappa shape index (κ3) is 4.64. The van der Waals surface area contributed by atoms with Gasteiger partial charge in [-0.2, -0.15) is 0 Å². The van der Waals surface area contributed by atoms with Gasteiger partial charge in [0.15, 0.2) is 0 Å². The van der Waals surface area contributed by atoms with Crippen LogP contribution in [0.3, 0.4) is 0 Å². The second-order valence-corrected chi connectivity index (χ2v) is 10.8. The van der Waals surface area contributed by atoms with E-state index in [1.165, 1.54) is 0 Å². The number of nitrogens with one attached hydrogen (secondary N) is 2. The van der Waals surface area contributed by atoms with Crippen molar-refractivity contribution in [3.8, 4) is 17.0 Å². The van der Waals surface area contributed by atoms with Gasteiger partial charge >= 0.3 is 0 Å². The Balaban J connectivity index is 1.15. The topological polar surface area (TPSA) is 112 Å². The molecular formula is C27H26N4O5S. The molecule has 9 nitrogen and oxygen atoms in total. The summed E-state index contributed by atoms with van der Waals surface area (Å²) in [6.07, 6.45) is 0.911. The molecule has 2 aliphatic rings. The summed E-state index contributed by atoms with van der Waals surface area (Å²) in [6, 6.07) is 21.5. The molecule has 4 aromatic rings. The van der Waals surface area contributed by atoms with Crippen molar-refractivity contribution in [1.29, 1.82) is 0 Å². The lowest BCUT2D eigenvalue weighted by atomic mass is 10.1. The van der Waals surface area contributed by atoms with Gasteiger partial charge in [-0.15, -0.1) is 0 Å². The standard InChI is InChI=1S/C27H26N4O5S/c1-34-24-9-5-4-8-20(24)21-12-13-28-27(29-21)30-22-15-35-26-23(16-36-25(22)26)31-37(32,33)19-11-10-17-6-2-3-7-18(17)14-19/h2-14,22-23,25-26,31H,15-16H2,1H3,(H,28,29,30)/t22-,23-,25+,26+/m0/s1. The van der Waals surface area contributed by atoms with E-state index in [-0.39, 0.29) is 23.6 Å². The molecule has 2 fully saturated rings. The van der Waals surface area contributed by atoms with Crippen molar-refractivity contribution in [2.45, 2.75) is 29.2 Å². The molecule has 2 N–H and O–H groups in total. The molecule has 0 spiro atoms. The number of hydrogen-bond acceptors (Lipinski definition) is 8. The number of hydrogen-bond donors (Lipinski definition) is 2. The van der Waals surface area contributed by atoms with Gasteiger partial charge in [0.2, 0.25) is 16.0 Å². The predicted molar refractivity (Wildman–Crippen MR) is 139 cm³/mol. The highest BCUT2D eigenvalue weighted by atomic mass is 32.2. The number of ether oxygens (including phenoxy) is 3. The van der Waals surface area contributed by atoms with E-state index in [0.29, 0.717) is 12.6 Å². The second-order valence-electron chi connectivity index (χ2n) is 9.05. The third-order valence-corrected chi connectivity index (χ3v) is 8.23. The highest BCUT2D eigenvalue weighted by Gasteiger charge is 2.49. The Labute approximate surface area is 214 Å². The SMILES string of the molecule is COc1ccccc1-c1ccnc(N[C@H]2CO[C@H]3[C@@H]2OC[C@@H]3NS(=O)(=O)c2ccc3ccccc3c2)n1. The van der Waals surface area contributed by atoms with Crippen LogP contribution in [0.15, 0.2) is 83.9 Å². The first-order valence-electron chi connectivity index (χ1n) is 12.0. The monoisotopic (exact) mass is 518 g/mol. The molecule has 0 amide bonds. The quantitative estimate of drug-likeness (QED) is 0.384. The van der Waals surface area contributed by atoms with Crippen molar-refractivity contribution in [1.82, 2.24) is 14.7 Å². The van der Waals surface area contributed by atoms with Crippen LogP contribution in [0.1, 0.15) is 0 Å². The van der Waals surface area contributed by atoms with E-state index >= 15 is 0 Å². The fraction of sp³-hybridized carbons (Fsp3) is 0.259. The smallest absolute Gasteiger partial charge is 0.241 e. The number of aromatic nitrogens is 2. The lowest BCUT2D eigenvalue weighted by Crippen LogP contribution is -2.44. The maximum Gasteiger partial charge on any atom is 0.241 e. The first-order valence-corrected chi connectivity index (χ1v) is 13.5. The van der Waals surface area contributed by atoms with E-state index in [0.717, 1.165) is 27.8 Å². The predicted octanol–water partition coefficient (Wildman–Crippen LogP) is 3.23. The first kappa shape index (κ1) is 23.8. The zero-order valence-corrected chi connectivity index (χ0v) is 20.9. The molecule has 190 valence electrons. The maximum absolute atomic E-state index is 13.1. The summed E-state index contributed by atoms with van der Waals surface area (Å²) in [6.45, 7) is 0.550. The van der Waals surface area contributed by atoms with E-state index < -0.39 is 22.2 Å². The van der Waals surface area contributed by atoms with Crippen molar-refractivity contribution in [3.63, 3.8) is 0 Å². The Kier molecular flexibility index (Phi) is 6.25. The van der Waals surface area contributed by atoms with Crippen LogP contribution in [0.5, 0.6) is 5.75 Å². The van der Waals surface area contributed by atoms with Gasteiger partial charge < -0.3 is 19.5 Å². The maximum atomic E-state index is 13.1. The lowest BCUT2D eigenvalue weighted by molar-refractivity contribution is 0.0690. The van der Waals surface area contributed by atoms with Crippen LogP contribution in [0.2, 0.25) is 0 Å². The normalized spacial score (nSPS) is 23.2. The van der Waals surface area contributed by atoms with Crippen LogP contribution in [0.25, 0.3) is 22.0 Å². The number of methoxy groups -OCH3 is 1. The molecule has 10 heteroatoms. The molecule has 4 atom stereocenters. The zero-order chi connectivity index (χ0) is 25.4. The molecule has 0 aliphatic carbocycles. The molecule has 2 saturated heterocycles. The van der Waals surface area contributed by atoms with E-state index in [1.54, 1.807) is 25.4 Å². The van der Waals surface area contributed by atoms with E-state index in [4.69, 9.17) is 14.2 Å². The molecular weight excluding hydrogens is 492 g/mol. The summed E-state index contributed by atoms with van der Waals surface area (Å²) in [5, 5.41) is 5.15. The molecule has 0 unspecified atom stereocenters. The van der Waals surface area contributed by atoms with Crippen LogP contribution < -0.4 is 14.8 Å². The highest BCUT2D eigenvalue weighted by Crippen LogP contribution is 2.31. The minimum absolute atomic E-state index is 0.211. The molecule has 37 heavy (non-hydrogen) atoms. The van der Waals surface area contributed by atoms with Crippen LogP contribution in [0, 0.1) is 0 Å². The lowest BCUT2D eigenvalue weighted by Gasteiger charge is -2.19. The number of nitrogens with zero attached hydrogens (tertiary/aromatic N) is 2. The molecule has 0 bridgehead atoms. The molecule has 3 heterocycles. The highest BCUT2D eigenvalue weighted by molar-refractivity contribution is 7.89. The number of fused-ring (bicyclic) bond motifs is 2. The average Bonchev–Trinajstić information content (AvgIpc) is 3.51. The fourth-order valence-corrected chi connectivity index (χ4v) is 6.19. The summed E-state index contributed by atoms with van der Waals surface area (Å²) in [4.78, 5) is 9.21. The molecule has 3 aromatic carbocycles. The summed E-state index contributed by atoms with van der Waals surface area (Å²) in [5.41, 5.74) is 1.58. The van der Waals surface area contributed by atoms with Gasteiger partial charge in [-0.1, -0.05) is 42.5 Å². The molecule has 0 radical (unpaired) electrons. The van der Waals surface area contributed by atoms with E-state index in [2.05, 4.69) is 20.0 Å². The van der Waals surface area contributed by atoms with Gasteiger partial charge in [0.25, 0.3) is 0 Å². The van der Waals surface area contributed by atoms with Gasteiger partial charge in [-0.05, 0) is 41.1 Å². The second kappa shape index (κ2) is 9.71. The minimum Gasteiger partial charge on any atom is -0.496 e. The van der Waals surface area contributed by atoms with Crippen LogP contribution >= 0.6 is 0 Å². The van der Waals surface area contributed by atoms with Crippen molar-refractivity contribution < 1.29 is 22.6 Å². The van der Waals surface area contributed by atoms with Gasteiger partial charge in [-0.25, -0.2) is 23.1 Å². The molecule has 1 aromatic heterocycles. The number of rotatable bonds is 7. The molecule has 2 aliphatic heterocycles. The molecule has 6 rings (SSSR count). The van der Waals surface area contributed by atoms with Gasteiger partial charge in [-0.3, -0.25) is 0 Å². The van der Waals surface area contributed by atoms with Crippen molar-refractivity contribution in [2.75, 3.05) is 25.6 Å². The fourth-order valence-electron chi connectivity index (χ4n) is 4.93. The van der Waals surface area contributed by atoms with Crippen molar-refractivity contribution >= 4 is 26.7 Å². The average molecular weight is 519 g/mol. The Hall–Kier alpha value is -3.57. The van der Waals surface area contributed by atoms with Crippen molar-refractivity contribution in [2.24, 2.45) is 0 Å². The Morgan fingerprint density at radius 2 is 1.62 bits per heavy atom. The largest absolute Gasteiger partial charge is 0.496 e. The van der Waals surface area contributed by atoms with Gasteiger partial charge in [0.1, 0.15) is 18.0 Å². The summed E-state index contributed by atoms with van der Waals surface area (Å²) >= 11 is 0. The Bertz CT molecular complexity index is 1550. The summed E-state index contributed by atoms with van der Waals surface area (Å²) in [7, 11) is -2.14. The van der Waals surface area contributed by atoms with E-state index in [1.807, 2.05) is 60.7 Å². The Morgan fingerprint density at radius 3 is 2.46 bits per heavy atom. The van der Waals surface area contributed by atoms with Gasteiger partial charge in [0.05, 0.1) is 43.0 Å².